The average Bonchev–Trinajstić information content (AvgIpc) is 2.83. The van der Waals surface area contributed by atoms with Crippen molar-refractivity contribution in [1.29, 1.82) is 0 Å². The summed E-state index contributed by atoms with van der Waals surface area (Å²) >= 11 is 0. The molecule has 0 unspecified atom stereocenters. The Labute approximate surface area is 118 Å². The predicted molar refractivity (Wildman–Crippen MR) is 78.3 cm³/mol. The van der Waals surface area contributed by atoms with E-state index in [1.54, 1.807) is 0 Å². The summed E-state index contributed by atoms with van der Waals surface area (Å²) in [5.41, 5.74) is 1.60. The van der Waals surface area contributed by atoms with Crippen LogP contribution in [0.25, 0.3) is 11.4 Å². The minimum Gasteiger partial charge on any atom is -0.325 e. The fraction of sp³-hybridized carbons (Fsp3) is 0.357. The van der Waals surface area contributed by atoms with E-state index in [1.165, 1.54) is 0 Å². The van der Waals surface area contributed by atoms with Crippen molar-refractivity contribution in [3.05, 3.63) is 30.1 Å². The Balaban J connectivity index is 2.05. The number of aryl methyl sites for hydroxylation is 1. The van der Waals surface area contributed by atoms with Crippen molar-refractivity contribution in [3.8, 4) is 11.4 Å². The lowest BCUT2D eigenvalue weighted by Gasteiger charge is -2.09. The lowest BCUT2D eigenvalue weighted by atomic mass is 10.2. The third-order valence-electron chi connectivity index (χ3n) is 2.67. The molecule has 0 saturated carbocycles. The molecule has 0 bridgehead atoms. The molecule has 106 valence electrons. The number of hydrogen-bond acceptors (Lipinski definition) is 4. The molecule has 0 saturated heterocycles. The maximum atomic E-state index is 11.8. The number of aromatic amines is 1. The molecule has 2 aromatic rings. The van der Waals surface area contributed by atoms with Gasteiger partial charge in [0.1, 0.15) is 5.82 Å². The third kappa shape index (κ3) is 3.89. The minimum atomic E-state index is -0.0676. The van der Waals surface area contributed by atoms with Crippen molar-refractivity contribution >= 4 is 11.6 Å². The maximum Gasteiger partial charge on any atom is 0.238 e. The Hall–Kier alpha value is -2.21. The van der Waals surface area contributed by atoms with E-state index in [-0.39, 0.29) is 11.9 Å². The van der Waals surface area contributed by atoms with Gasteiger partial charge in [-0.1, -0.05) is 26.0 Å². The highest BCUT2D eigenvalue weighted by molar-refractivity contribution is 5.92. The van der Waals surface area contributed by atoms with Gasteiger partial charge in [0, 0.05) is 17.3 Å². The summed E-state index contributed by atoms with van der Waals surface area (Å²) < 4.78 is 0. The van der Waals surface area contributed by atoms with E-state index in [0.717, 1.165) is 17.1 Å². The Morgan fingerprint density at radius 3 is 2.85 bits per heavy atom. The van der Waals surface area contributed by atoms with Gasteiger partial charge < -0.3 is 10.6 Å². The highest BCUT2D eigenvalue weighted by Crippen LogP contribution is 2.19. The van der Waals surface area contributed by atoms with Gasteiger partial charge in [-0.05, 0) is 19.1 Å². The number of anilines is 1. The summed E-state index contributed by atoms with van der Waals surface area (Å²) in [6, 6.07) is 7.76. The number of carbonyl (C=O) groups is 1. The van der Waals surface area contributed by atoms with Gasteiger partial charge >= 0.3 is 0 Å². The van der Waals surface area contributed by atoms with E-state index >= 15 is 0 Å². The van der Waals surface area contributed by atoms with Crippen molar-refractivity contribution in [2.24, 2.45) is 0 Å². The molecule has 1 heterocycles. The topological polar surface area (TPSA) is 82.7 Å². The monoisotopic (exact) mass is 273 g/mol. The molecule has 0 aliphatic heterocycles. The largest absolute Gasteiger partial charge is 0.325 e. The Morgan fingerprint density at radius 1 is 1.40 bits per heavy atom. The van der Waals surface area contributed by atoms with Crippen LogP contribution in [0.4, 0.5) is 5.69 Å². The number of amides is 1. The summed E-state index contributed by atoms with van der Waals surface area (Å²) in [6.45, 7) is 6.14. The van der Waals surface area contributed by atoms with Gasteiger partial charge in [0.25, 0.3) is 0 Å². The molecule has 1 amide bonds. The van der Waals surface area contributed by atoms with Crippen molar-refractivity contribution in [2.75, 3.05) is 11.9 Å². The highest BCUT2D eigenvalue weighted by atomic mass is 16.1. The Kier molecular flexibility index (Phi) is 4.47. The van der Waals surface area contributed by atoms with Crippen molar-refractivity contribution in [1.82, 2.24) is 20.5 Å². The molecule has 0 spiro atoms. The number of hydrogen-bond donors (Lipinski definition) is 3. The fourth-order valence-electron chi connectivity index (χ4n) is 1.71. The van der Waals surface area contributed by atoms with Gasteiger partial charge in [0.2, 0.25) is 5.91 Å². The van der Waals surface area contributed by atoms with Crippen molar-refractivity contribution in [3.63, 3.8) is 0 Å². The second-order valence-corrected chi connectivity index (χ2v) is 4.91. The molecule has 0 fully saturated rings. The van der Waals surface area contributed by atoms with Crippen LogP contribution in [0.5, 0.6) is 0 Å². The maximum absolute atomic E-state index is 11.8. The molecule has 1 aromatic heterocycles. The summed E-state index contributed by atoms with van der Waals surface area (Å²) in [5, 5.41) is 12.8. The van der Waals surface area contributed by atoms with Crippen LogP contribution < -0.4 is 10.6 Å². The number of nitrogens with zero attached hydrogens (tertiary/aromatic N) is 2. The van der Waals surface area contributed by atoms with Crippen LogP contribution in [0.1, 0.15) is 19.7 Å². The first-order valence-corrected chi connectivity index (χ1v) is 6.57. The Morgan fingerprint density at radius 2 is 2.20 bits per heavy atom. The van der Waals surface area contributed by atoms with E-state index < -0.39 is 0 Å². The van der Waals surface area contributed by atoms with Gasteiger partial charge in [-0.25, -0.2) is 4.98 Å². The smallest absolute Gasteiger partial charge is 0.238 e. The second kappa shape index (κ2) is 6.29. The van der Waals surface area contributed by atoms with E-state index in [1.807, 2.05) is 45.0 Å². The first-order valence-electron chi connectivity index (χ1n) is 6.57. The van der Waals surface area contributed by atoms with E-state index in [0.29, 0.717) is 12.4 Å². The van der Waals surface area contributed by atoms with Crippen LogP contribution in [0, 0.1) is 6.92 Å². The zero-order valence-corrected chi connectivity index (χ0v) is 11.9. The molecule has 0 aliphatic rings. The highest BCUT2D eigenvalue weighted by Gasteiger charge is 2.07. The van der Waals surface area contributed by atoms with E-state index in [2.05, 4.69) is 25.8 Å². The summed E-state index contributed by atoms with van der Waals surface area (Å²) in [5.74, 6) is 1.32. The van der Waals surface area contributed by atoms with Gasteiger partial charge in [-0.2, -0.15) is 5.10 Å². The number of benzene rings is 1. The van der Waals surface area contributed by atoms with Crippen molar-refractivity contribution < 1.29 is 4.79 Å². The zero-order chi connectivity index (χ0) is 14.5. The van der Waals surface area contributed by atoms with Crippen LogP contribution in [0.15, 0.2) is 24.3 Å². The second-order valence-electron chi connectivity index (χ2n) is 4.91. The molecule has 1 aromatic carbocycles. The number of carbonyl (C=O) groups excluding carboxylic acids is 1. The van der Waals surface area contributed by atoms with E-state index in [9.17, 15) is 4.79 Å². The van der Waals surface area contributed by atoms with E-state index in [4.69, 9.17) is 0 Å². The van der Waals surface area contributed by atoms with Gasteiger partial charge in [-0.3, -0.25) is 9.89 Å². The SMILES string of the molecule is Cc1nc(-c2cccc(NC(=O)CNC(C)C)c2)n[nH]1. The molecular formula is C14H19N5O. The number of aromatic nitrogens is 3. The lowest BCUT2D eigenvalue weighted by molar-refractivity contribution is -0.115. The van der Waals surface area contributed by atoms with Crippen LogP contribution in [0.3, 0.4) is 0 Å². The number of nitrogens with one attached hydrogen (secondary N) is 3. The standard InChI is InChI=1S/C14H19N5O/c1-9(2)15-8-13(20)17-12-6-4-5-11(7-12)14-16-10(3)18-19-14/h4-7,9,15H,8H2,1-3H3,(H,17,20)(H,16,18,19). The molecule has 3 N–H and O–H groups in total. The first-order chi connectivity index (χ1) is 9.54. The molecule has 2 rings (SSSR count). The quantitative estimate of drug-likeness (QED) is 0.774. The molecule has 0 atom stereocenters. The molecule has 20 heavy (non-hydrogen) atoms. The van der Waals surface area contributed by atoms with Crippen molar-refractivity contribution in [2.45, 2.75) is 26.8 Å². The summed E-state index contributed by atoms with van der Waals surface area (Å²) in [7, 11) is 0. The third-order valence-corrected chi connectivity index (χ3v) is 2.67. The molecule has 6 heteroatoms. The summed E-state index contributed by atoms with van der Waals surface area (Å²) in [4.78, 5) is 16.0. The molecule has 0 aliphatic carbocycles. The average molecular weight is 273 g/mol. The fourth-order valence-corrected chi connectivity index (χ4v) is 1.71. The van der Waals surface area contributed by atoms with Gasteiger partial charge in [-0.15, -0.1) is 0 Å². The normalized spacial score (nSPS) is 10.8. The zero-order valence-electron chi connectivity index (χ0n) is 11.9. The minimum absolute atomic E-state index is 0.0676. The number of rotatable bonds is 5. The Bertz CT molecular complexity index is 591. The lowest BCUT2D eigenvalue weighted by Crippen LogP contribution is -2.32. The molecule has 0 radical (unpaired) electrons. The first kappa shape index (κ1) is 14.2. The number of H-pyrrole nitrogens is 1. The summed E-state index contributed by atoms with van der Waals surface area (Å²) in [6.07, 6.45) is 0. The van der Waals surface area contributed by atoms with Gasteiger partial charge in [0.05, 0.1) is 6.54 Å². The van der Waals surface area contributed by atoms with Crippen LogP contribution in [-0.2, 0) is 4.79 Å². The van der Waals surface area contributed by atoms with Crippen LogP contribution >= 0.6 is 0 Å². The molecular weight excluding hydrogens is 254 g/mol. The van der Waals surface area contributed by atoms with Gasteiger partial charge in [0.15, 0.2) is 5.82 Å². The van der Waals surface area contributed by atoms with Crippen LogP contribution in [-0.4, -0.2) is 33.7 Å². The van der Waals surface area contributed by atoms with Crippen LogP contribution in [0.2, 0.25) is 0 Å². The predicted octanol–water partition coefficient (Wildman–Crippen LogP) is 1.72. The molecule has 6 nitrogen and oxygen atoms in total.